The second-order valence-electron chi connectivity index (χ2n) is 6.11. The number of methoxy groups -OCH3 is 1. The molecule has 0 aliphatic rings. The quantitative estimate of drug-likeness (QED) is 0.647. The van der Waals surface area contributed by atoms with Gasteiger partial charge in [0.2, 0.25) is 0 Å². The van der Waals surface area contributed by atoms with Crippen LogP contribution in [0, 0.1) is 0 Å². The fraction of sp³-hybridized carbons (Fsp3) is 0.238. The number of rotatable bonds is 7. The molecule has 0 atom stereocenters. The van der Waals surface area contributed by atoms with Gasteiger partial charge in [-0.1, -0.05) is 42.5 Å². The Hall–Kier alpha value is -3.28. The second-order valence-corrected chi connectivity index (χ2v) is 6.11. The van der Waals surface area contributed by atoms with Crippen molar-refractivity contribution < 1.29 is 13.9 Å². The molecule has 0 spiro atoms. The summed E-state index contributed by atoms with van der Waals surface area (Å²) in [6, 6.07) is 16.9. The van der Waals surface area contributed by atoms with E-state index in [4.69, 9.17) is 9.15 Å². The van der Waals surface area contributed by atoms with Crippen LogP contribution < -0.4 is 15.8 Å². The van der Waals surface area contributed by atoms with E-state index in [1.54, 1.807) is 12.1 Å². The smallest absolute Gasteiger partial charge is 0.427 e. The largest absolute Gasteiger partial charge is 0.496 e. The highest BCUT2D eigenvalue weighted by Crippen LogP contribution is 2.28. The molecule has 1 aromatic heterocycles. The molecule has 0 aliphatic heterocycles. The van der Waals surface area contributed by atoms with Gasteiger partial charge >= 0.3 is 11.8 Å². The molecule has 3 aromatic rings. The van der Waals surface area contributed by atoms with Crippen molar-refractivity contribution in [3.8, 4) is 17.1 Å². The van der Waals surface area contributed by atoms with Gasteiger partial charge in [-0.2, -0.15) is 4.57 Å². The van der Waals surface area contributed by atoms with Crippen LogP contribution in [0.3, 0.4) is 0 Å². The van der Waals surface area contributed by atoms with E-state index in [2.05, 4.69) is 17.4 Å². The lowest BCUT2D eigenvalue weighted by Gasteiger charge is -2.05. The number of benzene rings is 2. The summed E-state index contributed by atoms with van der Waals surface area (Å²) in [7, 11) is 1.54. The SMILES string of the molecule is COc1ccccc1-c1cn(C(=O)NCCCCc2ccccc2)c(=O)o1. The fourth-order valence-corrected chi connectivity index (χ4v) is 2.83. The summed E-state index contributed by atoms with van der Waals surface area (Å²) >= 11 is 0. The molecular weight excluding hydrogens is 344 g/mol. The molecule has 0 unspecified atom stereocenters. The van der Waals surface area contributed by atoms with Gasteiger partial charge in [0.1, 0.15) is 5.75 Å². The second kappa shape index (κ2) is 8.89. The van der Waals surface area contributed by atoms with Crippen molar-refractivity contribution in [1.82, 2.24) is 9.88 Å². The number of aromatic nitrogens is 1. The molecule has 0 saturated heterocycles. The van der Waals surface area contributed by atoms with E-state index in [0.29, 0.717) is 17.9 Å². The number of hydrogen-bond acceptors (Lipinski definition) is 4. The first-order valence-electron chi connectivity index (χ1n) is 8.87. The summed E-state index contributed by atoms with van der Waals surface area (Å²) < 4.78 is 11.4. The van der Waals surface area contributed by atoms with E-state index in [9.17, 15) is 9.59 Å². The number of nitrogens with one attached hydrogen (secondary N) is 1. The Labute approximate surface area is 157 Å². The summed E-state index contributed by atoms with van der Waals surface area (Å²) in [4.78, 5) is 24.3. The van der Waals surface area contributed by atoms with Crippen LogP contribution in [0.25, 0.3) is 11.3 Å². The monoisotopic (exact) mass is 366 g/mol. The van der Waals surface area contributed by atoms with E-state index in [1.807, 2.05) is 30.3 Å². The highest BCUT2D eigenvalue weighted by Gasteiger charge is 2.16. The lowest BCUT2D eigenvalue weighted by atomic mass is 10.1. The number of hydrogen-bond donors (Lipinski definition) is 1. The zero-order chi connectivity index (χ0) is 19.1. The summed E-state index contributed by atoms with van der Waals surface area (Å²) in [6.07, 6.45) is 4.13. The third-order valence-corrected chi connectivity index (χ3v) is 4.24. The van der Waals surface area contributed by atoms with E-state index < -0.39 is 11.8 Å². The maximum atomic E-state index is 12.3. The van der Waals surface area contributed by atoms with Crippen LogP contribution in [0.15, 0.2) is 70.0 Å². The highest BCUT2D eigenvalue weighted by molar-refractivity contribution is 5.77. The van der Waals surface area contributed by atoms with Crippen molar-refractivity contribution in [2.75, 3.05) is 13.7 Å². The number of carbonyl (C=O) groups is 1. The Morgan fingerprint density at radius 2 is 1.81 bits per heavy atom. The zero-order valence-corrected chi connectivity index (χ0v) is 15.2. The maximum absolute atomic E-state index is 12.3. The molecule has 140 valence electrons. The van der Waals surface area contributed by atoms with Gasteiger partial charge < -0.3 is 14.5 Å². The van der Waals surface area contributed by atoms with Crippen molar-refractivity contribution in [2.24, 2.45) is 0 Å². The number of amides is 1. The molecule has 0 saturated carbocycles. The van der Waals surface area contributed by atoms with Crippen LogP contribution in [-0.4, -0.2) is 24.3 Å². The predicted molar refractivity (Wildman–Crippen MR) is 103 cm³/mol. The molecule has 27 heavy (non-hydrogen) atoms. The minimum Gasteiger partial charge on any atom is -0.496 e. The third-order valence-electron chi connectivity index (χ3n) is 4.24. The van der Waals surface area contributed by atoms with E-state index >= 15 is 0 Å². The number of oxazole rings is 1. The molecule has 1 N–H and O–H groups in total. The van der Waals surface area contributed by atoms with E-state index in [-0.39, 0.29) is 5.76 Å². The van der Waals surface area contributed by atoms with Crippen molar-refractivity contribution in [1.29, 1.82) is 0 Å². The lowest BCUT2D eigenvalue weighted by molar-refractivity contribution is 0.240. The first-order valence-corrected chi connectivity index (χ1v) is 8.87. The number of ether oxygens (including phenoxy) is 1. The van der Waals surface area contributed by atoms with Crippen LogP contribution in [0.1, 0.15) is 18.4 Å². The van der Waals surface area contributed by atoms with Crippen LogP contribution >= 0.6 is 0 Å². The first-order chi connectivity index (χ1) is 13.2. The van der Waals surface area contributed by atoms with Crippen LogP contribution in [0.2, 0.25) is 0 Å². The average Bonchev–Trinajstić information content (AvgIpc) is 3.10. The number of para-hydroxylation sites is 1. The Kier molecular flexibility index (Phi) is 6.10. The van der Waals surface area contributed by atoms with Crippen molar-refractivity contribution in [2.45, 2.75) is 19.3 Å². The number of unbranched alkanes of at least 4 members (excludes halogenated alkanes) is 1. The molecule has 0 bridgehead atoms. The van der Waals surface area contributed by atoms with Crippen molar-refractivity contribution in [3.63, 3.8) is 0 Å². The number of nitrogens with zero attached hydrogens (tertiary/aromatic N) is 1. The van der Waals surface area contributed by atoms with Gasteiger partial charge in [0.05, 0.1) is 18.9 Å². The molecule has 0 aliphatic carbocycles. The third kappa shape index (κ3) is 4.67. The Morgan fingerprint density at radius 3 is 2.59 bits per heavy atom. The number of carbonyl (C=O) groups excluding carboxylic acids is 1. The molecule has 1 heterocycles. The predicted octanol–water partition coefficient (Wildman–Crippen LogP) is 3.70. The lowest BCUT2D eigenvalue weighted by Crippen LogP contribution is -2.34. The van der Waals surface area contributed by atoms with Gasteiger partial charge in [0, 0.05) is 6.54 Å². The molecule has 1 amide bonds. The molecule has 0 radical (unpaired) electrons. The van der Waals surface area contributed by atoms with Crippen LogP contribution in [0.4, 0.5) is 4.79 Å². The Bertz CT molecular complexity index is 944. The highest BCUT2D eigenvalue weighted by atomic mass is 16.5. The van der Waals surface area contributed by atoms with Crippen LogP contribution in [-0.2, 0) is 6.42 Å². The molecule has 3 rings (SSSR count). The molecular formula is C21H22N2O4. The first kappa shape index (κ1) is 18.5. The van der Waals surface area contributed by atoms with E-state index in [0.717, 1.165) is 23.8 Å². The normalized spacial score (nSPS) is 10.6. The molecule has 0 fully saturated rings. The molecule has 6 nitrogen and oxygen atoms in total. The summed E-state index contributed by atoms with van der Waals surface area (Å²) in [5, 5.41) is 2.75. The molecule has 2 aromatic carbocycles. The molecule has 6 heteroatoms. The Morgan fingerprint density at radius 1 is 1.07 bits per heavy atom. The van der Waals surface area contributed by atoms with Crippen molar-refractivity contribution >= 4 is 6.03 Å². The zero-order valence-electron chi connectivity index (χ0n) is 15.2. The van der Waals surface area contributed by atoms with Gasteiger partial charge in [-0.05, 0) is 37.0 Å². The topological polar surface area (TPSA) is 73.5 Å². The van der Waals surface area contributed by atoms with Gasteiger partial charge in [-0.15, -0.1) is 0 Å². The van der Waals surface area contributed by atoms with Crippen LogP contribution in [0.5, 0.6) is 5.75 Å². The fourth-order valence-electron chi connectivity index (χ4n) is 2.83. The van der Waals surface area contributed by atoms with Gasteiger partial charge in [-0.3, -0.25) is 0 Å². The van der Waals surface area contributed by atoms with Crippen molar-refractivity contribution in [3.05, 3.63) is 76.9 Å². The van der Waals surface area contributed by atoms with Gasteiger partial charge in [0.15, 0.2) is 5.76 Å². The van der Waals surface area contributed by atoms with Gasteiger partial charge in [0.25, 0.3) is 0 Å². The standard InChI is InChI=1S/C21H22N2O4/c1-26-18-13-6-5-12-17(18)19-15-23(21(25)27-19)20(24)22-14-8-7-11-16-9-3-2-4-10-16/h2-6,9-10,12-13,15H,7-8,11,14H2,1H3,(H,22,24). The number of aryl methyl sites for hydroxylation is 1. The summed E-state index contributed by atoms with van der Waals surface area (Å²) in [5.41, 5.74) is 1.89. The summed E-state index contributed by atoms with van der Waals surface area (Å²) in [6.45, 7) is 0.493. The minimum absolute atomic E-state index is 0.289. The van der Waals surface area contributed by atoms with Gasteiger partial charge in [-0.25, -0.2) is 9.59 Å². The average molecular weight is 366 g/mol. The van der Waals surface area contributed by atoms with E-state index in [1.165, 1.54) is 18.9 Å². The Balaban J connectivity index is 1.56. The maximum Gasteiger partial charge on any atom is 0.427 e. The summed E-state index contributed by atoms with van der Waals surface area (Å²) in [5.74, 6) is 0.133. The minimum atomic E-state index is -0.724.